The van der Waals surface area contributed by atoms with E-state index < -0.39 is 46.7 Å². The number of rotatable bonds is 14. The van der Waals surface area contributed by atoms with Crippen molar-refractivity contribution in [1.29, 1.82) is 0 Å². The zero-order valence-electron chi connectivity index (χ0n) is 33.3. The molecule has 54 heavy (non-hydrogen) atoms. The van der Waals surface area contributed by atoms with Crippen LogP contribution < -0.4 is 20.7 Å². The SMILES string of the molecule is CCC[C@H](NC(=O)[C@@H]1C[C@]2(CC(c3cc(C)c(OCC)c(C)c3)=NO2)CN1C(=O)[C@@H](NC(=O)[C@@H]1C[C@H]1C1CCCCC1)C(C)(C)C)C(=O)C(=O)NC1CC1. The third kappa shape index (κ3) is 8.78. The van der Waals surface area contributed by atoms with Gasteiger partial charge in [0.1, 0.15) is 17.8 Å². The molecule has 4 fully saturated rings. The summed E-state index contributed by atoms with van der Waals surface area (Å²) in [7, 11) is 0. The van der Waals surface area contributed by atoms with Gasteiger partial charge in [-0.3, -0.25) is 24.0 Å². The third-order valence-corrected chi connectivity index (χ3v) is 12.1. The normalized spacial score (nSPS) is 26.4. The van der Waals surface area contributed by atoms with Crippen LogP contribution >= 0.6 is 0 Å². The topological polar surface area (TPSA) is 156 Å². The Morgan fingerprint density at radius 1 is 0.981 bits per heavy atom. The van der Waals surface area contributed by atoms with Crippen molar-refractivity contribution in [2.45, 2.75) is 155 Å². The van der Waals surface area contributed by atoms with Gasteiger partial charge in [0.2, 0.25) is 23.5 Å². The fourth-order valence-electron chi connectivity index (χ4n) is 8.90. The van der Waals surface area contributed by atoms with Crippen molar-refractivity contribution in [3.63, 3.8) is 0 Å². The molecule has 1 saturated heterocycles. The van der Waals surface area contributed by atoms with E-state index in [2.05, 4.69) is 21.1 Å². The molecule has 4 amide bonds. The molecular weight excluding hydrogens is 686 g/mol. The summed E-state index contributed by atoms with van der Waals surface area (Å²) in [5.41, 5.74) is 1.85. The van der Waals surface area contributed by atoms with Crippen LogP contribution in [0, 0.1) is 37.0 Å². The molecule has 2 aliphatic heterocycles. The molecule has 0 radical (unpaired) electrons. The number of carbonyl (C=O) groups excluding carboxylic acids is 5. The van der Waals surface area contributed by atoms with Crippen molar-refractivity contribution in [3.05, 3.63) is 28.8 Å². The summed E-state index contributed by atoms with van der Waals surface area (Å²) in [6.07, 6.45) is 9.82. The largest absolute Gasteiger partial charge is 0.493 e. The number of aryl methyl sites for hydroxylation is 2. The van der Waals surface area contributed by atoms with Crippen LogP contribution in [-0.4, -0.2) is 82.9 Å². The molecule has 6 atom stereocenters. The summed E-state index contributed by atoms with van der Waals surface area (Å²) < 4.78 is 5.86. The molecule has 5 aliphatic rings. The van der Waals surface area contributed by atoms with Crippen LogP contribution in [0.2, 0.25) is 0 Å². The molecule has 0 aromatic heterocycles. The Kier molecular flexibility index (Phi) is 11.8. The van der Waals surface area contributed by atoms with Gasteiger partial charge in [0.15, 0.2) is 5.60 Å². The van der Waals surface area contributed by atoms with Gasteiger partial charge in [0.25, 0.3) is 5.91 Å². The molecule has 12 nitrogen and oxygen atoms in total. The van der Waals surface area contributed by atoms with E-state index in [0.29, 0.717) is 37.0 Å². The Labute approximate surface area is 320 Å². The van der Waals surface area contributed by atoms with Crippen molar-refractivity contribution in [2.75, 3.05) is 13.2 Å². The summed E-state index contributed by atoms with van der Waals surface area (Å²) >= 11 is 0. The molecule has 3 saturated carbocycles. The smallest absolute Gasteiger partial charge is 0.289 e. The van der Waals surface area contributed by atoms with Crippen molar-refractivity contribution in [3.8, 4) is 5.75 Å². The lowest BCUT2D eigenvalue weighted by Crippen LogP contribution is -2.59. The monoisotopic (exact) mass is 747 g/mol. The van der Waals surface area contributed by atoms with Gasteiger partial charge >= 0.3 is 0 Å². The second kappa shape index (κ2) is 16.0. The fraction of sp³-hybridized carbons (Fsp3) is 0.714. The summed E-state index contributed by atoms with van der Waals surface area (Å²) in [5, 5.41) is 13.2. The summed E-state index contributed by atoms with van der Waals surface area (Å²) in [6, 6.07) is 1.06. The summed E-state index contributed by atoms with van der Waals surface area (Å²) in [4.78, 5) is 76.7. The van der Waals surface area contributed by atoms with E-state index in [-0.39, 0.29) is 43.2 Å². The van der Waals surface area contributed by atoms with E-state index in [9.17, 15) is 24.0 Å². The summed E-state index contributed by atoms with van der Waals surface area (Å²) in [5.74, 6) is -0.759. The molecule has 0 bridgehead atoms. The van der Waals surface area contributed by atoms with E-state index in [1.165, 1.54) is 24.2 Å². The molecule has 1 aromatic rings. The van der Waals surface area contributed by atoms with Crippen molar-refractivity contribution in [2.24, 2.45) is 28.3 Å². The molecule has 3 aliphatic carbocycles. The first-order chi connectivity index (χ1) is 25.6. The maximum atomic E-state index is 14.8. The van der Waals surface area contributed by atoms with Gasteiger partial charge in [-0.05, 0) is 87.0 Å². The quantitative estimate of drug-likeness (QED) is 0.225. The molecule has 296 valence electrons. The van der Waals surface area contributed by atoms with Crippen LogP contribution in [0.1, 0.15) is 128 Å². The van der Waals surface area contributed by atoms with Gasteiger partial charge in [-0.1, -0.05) is 71.4 Å². The Morgan fingerprint density at radius 3 is 2.28 bits per heavy atom. The van der Waals surface area contributed by atoms with Crippen LogP contribution in [0.5, 0.6) is 5.75 Å². The molecule has 0 unspecified atom stereocenters. The standard InChI is InChI=1S/C42H61N5O7/c1-8-13-31(34(48)39(51)43-28-16-17-28)44-38(50)33-22-42(21-32(46-54-42)27-18-24(3)35(53-9-2)25(4)19-27)23-47(33)40(52)36(41(5,6)7)45-37(49)30-20-29(30)26-14-11-10-12-15-26/h18-19,26,28-31,33,36H,8-17,20-23H2,1-7H3,(H,43,51)(H,44,50)(H,45,49)/t29-,30+,31-,33-,36+,42+/m0/s1. The Morgan fingerprint density at radius 2 is 1.67 bits per heavy atom. The maximum Gasteiger partial charge on any atom is 0.289 e. The van der Waals surface area contributed by atoms with E-state index in [0.717, 1.165) is 54.5 Å². The lowest BCUT2D eigenvalue weighted by Gasteiger charge is -2.36. The van der Waals surface area contributed by atoms with E-state index in [1.54, 1.807) is 0 Å². The van der Waals surface area contributed by atoms with Gasteiger partial charge in [-0.15, -0.1) is 0 Å². The minimum absolute atomic E-state index is 0.00276. The van der Waals surface area contributed by atoms with E-state index in [1.807, 2.05) is 60.6 Å². The molecule has 6 rings (SSSR count). The highest BCUT2D eigenvalue weighted by Gasteiger charge is 2.56. The number of hydrogen-bond acceptors (Lipinski definition) is 8. The minimum atomic E-state index is -1.04. The molecule has 1 aromatic carbocycles. The van der Waals surface area contributed by atoms with Crippen LogP contribution in [0.15, 0.2) is 17.3 Å². The first-order valence-electron chi connectivity index (χ1n) is 20.4. The highest BCUT2D eigenvalue weighted by molar-refractivity contribution is 6.38. The van der Waals surface area contributed by atoms with Crippen molar-refractivity contribution >= 4 is 35.1 Å². The van der Waals surface area contributed by atoms with Gasteiger partial charge < -0.3 is 30.4 Å². The van der Waals surface area contributed by atoms with Crippen LogP contribution in [0.25, 0.3) is 0 Å². The van der Waals surface area contributed by atoms with Crippen LogP contribution in [-0.2, 0) is 28.8 Å². The number of Topliss-reactive ketones (excluding diaryl/α,β-unsaturated/α-hetero) is 1. The van der Waals surface area contributed by atoms with E-state index >= 15 is 0 Å². The number of oxime groups is 1. The third-order valence-electron chi connectivity index (χ3n) is 12.1. The number of amides is 4. The number of carbonyl (C=O) groups is 5. The average molecular weight is 748 g/mol. The zero-order chi connectivity index (χ0) is 38.9. The van der Waals surface area contributed by atoms with Gasteiger partial charge in [-0.2, -0.15) is 0 Å². The van der Waals surface area contributed by atoms with Gasteiger partial charge in [0.05, 0.1) is 24.9 Å². The summed E-state index contributed by atoms with van der Waals surface area (Å²) in [6.45, 7) is 14.2. The lowest BCUT2D eigenvalue weighted by molar-refractivity contribution is -0.145. The van der Waals surface area contributed by atoms with Crippen molar-refractivity contribution in [1.82, 2.24) is 20.9 Å². The second-order valence-electron chi connectivity index (χ2n) is 17.7. The number of benzene rings is 1. The Hall–Kier alpha value is -3.96. The highest BCUT2D eigenvalue weighted by atomic mass is 16.7. The number of likely N-dealkylation sites (tertiary alicyclic amines) is 1. The Bertz CT molecular complexity index is 1630. The fourth-order valence-corrected chi connectivity index (χ4v) is 8.90. The predicted octanol–water partition coefficient (Wildman–Crippen LogP) is 5.05. The number of ketones is 1. The average Bonchev–Trinajstić information content (AvgIpc) is 4.05. The first-order valence-corrected chi connectivity index (χ1v) is 20.4. The number of hydrogen-bond donors (Lipinski definition) is 3. The molecule has 12 heteroatoms. The lowest BCUT2D eigenvalue weighted by atomic mass is 9.84. The first kappa shape index (κ1) is 39.7. The molecular formula is C42H61N5O7. The van der Waals surface area contributed by atoms with Crippen LogP contribution in [0.3, 0.4) is 0 Å². The van der Waals surface area contributed by atoms with Crippen molar-refractivity contribution < 1.29 is 33.5 Å². The number of nitrogens with one attached hydrogen (secondary N) is 3. The molecule has 1 spiro atoms. The molecule has 2 heterocycles. The number of ether oxygens (including phenoxy) is 1. The van der Waals surface area contributed by atoms with Crippen LogP contribution in [0.4, 0.5) is 0 Å². The zero-order valence-corrected chi connectivity index (χ0v) is 33.3. The van der Waals surface area contributed by atoms with Gasteiger partial charge in [0, 0.05) is 30.4 Å². The minimum Gasteiger partial charge on any atom is -0.493 e. The number of nitrogens with zero attached hydrogens (tertiary/aromatic N) is 2. The predicted molar refractivity (Wildman–Crippen MR) is 205 cm³/mol. The maximum absolute atomic E-state index is 14.8. The van der Waals surface area contributed by atoms with E-state index in [4.69, 9.17) is 9.57 Å². The Balaban J connectivity index is 1.24. The highest BCUT2D eigenvalue weighted by Crippen LogP contribution is 2.50. The van der Waals surface area contributed by atoms with Gasteiger partial charge in [-0.25, -0.2) is 0 Å². The molecule has 3 N–H and O–H groups in total. The second-order valence-corrected chi connectivity index (χ2v) is 17.7.